The number of hydrogen-bond donors (Lipinski definition) is 1. The van der Waals surface area contributed by atoms with E-state index in [1.165, 1.54) is 0 Å². The number of para-hydroxylation sites is 1. The van der Waals surface area contributed by atoms with Gasteiger partial charge in [0.15, 0.2) is 0 Å². The summed E-state index contributed by atoms with van der Waals surface area (Å²) in [6.45, 7) is 7.50. The molecule has 0 bridgehead atoms. The molecule has 6 heteroatoms. The van der Waals surface area contributed by atoms with Crippen molar-refractivity contribution in [3.8, 4) is 0 Å². The first-order chi connectivity index (χ1) is 12.9. The summed E-state index contributed by atoms with van der Waals surface area (Å²) in [5, 5.41) is 2.95. The summed E-state index contributed by atoms with van der Waals surface area (Å²) in [4.78, 5) is 26.4. The molecule has 0 radical (unpaired) electrons. The Labute approximate surface area is 161 Å². The third-order valence-electron chi connectivity index (χ3n) is 4.56. The molecule has 1 N–H and O–H groups in total. The molecular formula is C21H29N3O3. The number of nitrogens with zero attached hydrogens (tertiary/aromatic N) is 2. The van der Waals surface area contributed by atoms with Crippen LogP contribution in [0, 0.1) is 13.8 Å². The lowest BCUT2D eigenvalue weighted by atomic mass is 10.2. The molecule has 0 aliphatic rings. The van der Waals surface area contributed by atoms with Gasteiger partial charge in [-0.05, 0) is 45.4 Å². The van der Waals surface area contributed by atoms with E-state index in [2.05, 4.69) is 22.3 Å². The maximum atomic E-state index is 12.3. The van der Waals surface area contributed by atoms with E-state index < -0.39 is 0 Å². The highest BCUT2D eigenvalue weighted by atomic mass is 16.5. The van der Waals surface area contributed by atoms with Gasteiger partial charge < -0.3 is 19.5 Å². The van der Waals surface area contributed by atoms with Crippen molar-refractivity contribution >= 4 is 17.6 Å². The molecule has 0 fully saturated rings. The van der Waals surface area contributed by atoms with Crippen molar-refractivity contribution in [2.24, 2.45) is 0 Å². The third kappa shape index (κ3) is 5.61. The largest absolute Gasteiger partial charge is 0.462 e. The van der Waals surface area contributed by atoms with Gasteiger partial charge in [-0.3, -0.25) is 4.79 Å². The van der Waals surface area contributed by atoms with Crippen molar-refractivity contribution in [3.05, 3.63) is 53.3 Å². The number of rotatable bonds is 9. The zero-order chi connectivity index (χ0) is 19.8. The standard InChI is InChI=1S/C21H29N3O3/c1-5-27-21(26)19-14-16(2)24(17(19)3)15-20(25)22-12-9-13-23(4)18-10-7-6-8-11-18/h6-8,10-11,14H,5,9,12-13,15H2,1-4H3,(H,22,25). The van der Waals surface area contributed by atoms with Gasteiger partial charge in [0.2, 0.25) is 5.91 Å². The Bertz CT molecular complexity index is 768. The second-order valence-corrected chi connectivity index (χ2v) is 6.55. The number of ether oxygens (including phenoxy) is 1. The predicted octanol–water partition coefficient (Wildman–Crippen LogP) is 2.92. The molecule has 0 unspecified atom stereocenters. The highest BCUT2D eigenvalue weighted by Gasteiger charge is 2.17. The monoisotopic (exact) mass is 371 g/mol. The molecule has 0 spiro atoms. The number of benzene rings is 1. The Morgan fingerprint density at radius 3 is 2.56 bits per heavy atom. The minimum atomic E-state index is -0.346. The van der Waals surface area contributed by atoms with Gasteiger partial charge in [0, 0.05) is 37.2 Å². The molecule has 2 rings (SSSR count). The van der Waals surface area contributed by atoms with E-state index in [1.807, 2.05) is 43.7 Å². The van der Waals surface area contributed by atoms with Crippen molar-refractivity contribution in [2.75, 3.05) is 31.6 Å². The van der Waals surface area contributed by atoms with Crippen molar-refractivity contribution < 1.29 is 14.3 Å². The van der Waals surface area contributed by atoms with Crippen molar-refractivity contribution in [1.29, 1.82) is 0 Å². The van der Waals surface area contributed by atoms with E-state index in [9.17, 15) is 9.59 Å². The van der Waals surface area contributed by atoms with Gasteiger partial charge in [0.05, 0.1) is 12.2 Å². The van der Waals surface area contributed by atoms with Gasteiger partial charge in [0.25, 0.3) is 0 Å². The first kappa shape index (κ1) is 20.6. The van der Waals surface area contributed by atoms with Gasteiger partial charge >= 0.3 is 5.97 Å². The lowest BCUT2D eigenvalue weighted by Crippen LogP contribution is -2.31. The number of esters is 1. The van der Waals surface area contributed by atoms with E-state index in [-0.39, 0.29) is 18.4 Å². The van der Waals surface area contributed by atoms with Gasteiger partial charge in [-0.2, -0.15) is 0 Å². The van der Waals surface area contributed by atoms with Crippen LogP contribution in [0.25, 0.3) is 0 Å². The number of carbonyl (C=O) groups excluding carboxylic acids is 2. The van der Waals surface area contributed by atoms with E-state index >= 15 is 0 Å². The smallest absolute Gasteiger partial charge is 0.339 e. The van der Waals surface area contributed by atoms with E-state index in [0.717, 1.165) is 30.0 Å². The minimum absolute atomic E-state index is 0.0606. The number of hydrogen-bond acceptors (Lipinski definition) is 4. The molecule has 1 aromatic heterocycles. The average molecular weight is 371 g/mol. The molecule has 0 aliphatic heterocycles. The maximum Gasteiger partial charge on any atom is 0.339 e. The number of anilines is 1. The first-order valence-electron chi connectivity index (χ1n) is 9.30. The summed E-state index contributed by atoms with van der Waals surface area (Å²) >= 11 is 0. The summed E-state index contributed by atoms with van der Waals surface area (Å²) in [7, 11) is 2.04. The van der Waals surface area contributed by atoms with Crippen LogP contribution in [0.1, 0.15) is 35.1 Å². The van der Waals surface area contributed by atoms with Gasteiger partial charge in [-0.25, -0.2) is 4.79 Å². The fraction of sp³-hybridized carbons (Fsp3) is 0.429. The Balaban J connectivity index is 1.81. The summed E-state index contributed by atoms with van der Waals surface area (Å²) in [6.07, 6.45) is 0.856. The number of amides is 1. The Kier molecular flexibility index (Phi) is 7.46. The number of aryl methyl sites for hydroxylation is 1. The van der Waals surface area contributed by atoms with Gasteiger partial charge in [-0.15, -0.1) is 0 Å². The van der Waals surface area contributed by atoms with Crippen LogP contribution in [0.4, 0.5) is 5.69 Å². The fourth-order valence-electron chi connectivity index (χ4n) is 3.02. The molecule has 1 heterocycles. The highest BCUT2D eigenvalue weighted by Crippen LogP contribution is 2.16. The lowest BCUT2D eigenvalue weighted by Gasteiger charge is -2.19. The number of nitrogens with one attached hydrogen (secondary N) is 1. The summed E-state index contributed by atoms with van der Waals surface area (Å²) in [5.41, 5.74) is 3.31. The molecule has 1 amide bonds. The van der Waals surface area contributed by atoms with Gasteiger partial charge in [0.1, 0.15) is 6.54 Å². The predicted molar refractivity (Wildman–Crippen MR) is 107 cm³/mol. The van der Waals surface area contributed by atoms with Gasteiger partial charge in [-0.1, -0.05) is 18.2 Å². The SMILES string of the molecule is CCOC(=O)c1cc(C)n(CC(=O)NCCCN(C)c2ccccc2)c1C. The van der Waals surface area contributed by atoms with Crippen molar-refractivity contribution in [3.63, 3.8) is 0 Å². The summed E-state index contributed by atoms with van der Waals surface area (Å²) < 4.78 is 6.91. The molecule has 6 nitrogen and oxygen atoms in total. The second kappa shape index (κ2) is 9.80. The van der Waals surface area contributed by atoms with E-state index in [4.69, 9.17) is 4.74 Å². The molecule has 0 saturated carbocycles. The van der Waals surface area contributed by atoms with Crippen LogP contribution in [-0.4, -0.2) is 43.2 Å². The summed E-state index contributed by atoms with van der Waals surface area (Å²) in [5.74, 6) is -0.407. The Morgan fingerprint density at radius 2 is 1.89 bits per heavy atom. The zero-order valence-corrected chi connectivity index (χ0v) is 16.6. The molecule has 0 aliphatic carbocycles. The third-order valence-corrected chi connectivity index (χ3v) is 4.56. The van der Waals surface area contributed by atoms with Crippen molar-refractivity contribution in [1.82, 2.24) is 9.88 Å². The molecule has 0 atom stereocenters. The topological polar surface area (TPSA) is 63.6 Å². The van der Waals surface area contributed by atoms with E-state index in [1.54, 1.807) is 13.0 Å². The molecule has 146 valence electrons. The van der Waals surface area contributed by atoms with Crippen LogP contribution < -0.4 is 10.2 Å². The van der Waals surface area contributed by atoms with Crippen molar-refractivity contribution in [2.45, 2.75) is 33.7 Å². The van der Waals surface area contributed by atoms with Crippen LogP contribution in [0.2, 0.25) is 0 Å². The molecule has 27 heavy (non-hydrogen) atoms. The Hall–Kier alpha value is -2.76. The number of aromatic nitrogens is 1. The number of carbonyl (C=O) groups is 2. The normalized spacial score (nSPS) is 10.5. The van der Waals surface area contributed by atoms with Crippen LogP contribution in [0.5, 0.6) is 0 Å². The summed E-state index contributed by atoms with van der Waals surface area (Å²) in [6, 6.07) is 11.9. The molecular weight excluding hydrogens is 342 g/mol. The minimum Gasteiger partial charge on any atom is -0.462 e. The molecule has 2 aromatic rings. The van der Waals surface area contributed by atoms with Crippen LogP contribution in [0.3, 0.4) is 0 Å². The first-order valence-corrected chi connectivity index (χ1v) is 9.30. The molecule has 0 saturated heterocycles. The molecule has 1 aromatic carbocycles. The Morgan fingerprint density at radius 1 is 1.19 bits per heavy atom. The second-order valence-electron chi connectivity index (χ2n) is 6.55. The highest BCUT2D eigenvalue weighted by molar-refractivity contribution is 5.91. The fourth-order valence-corrected chi connectivity index (χ4v) is 3.02. The lowest BCUT2D eigenvalue weighted by molar-refractivity contribution is -0.121. The zero-order valence-electron chi connectivity index (χ0n) is 16.6. The maximum absolute atomic E-state index is 12.3. The van der Waals surface area contributed by atoms with Crippen LogP contribution in [0.15, 0.2) is 36.4 Å². The van der Waals surface area contributed by atoms with E-state index in [0.29, 0.717) is 18.7 Å². The quantitative estimate of drug-likeness (QED) is 0.544. The van der Waals surface area contributed by atoms with Crippen LogP contribution >= 0.6 is 0 Å². The average Bonchev–Trinajstić information content (AvgIpc) is 2.94. The van der Waals surface area contributed by atoms with Crippen LogP contribution in [-0.2, 0) is 16.1 Å².